The van der Waals surface area contributed by atoms with Crippen LogP contribution in [0.1, 0.15) is 51.4 Å². The van der Waals surface area contributed by atoms with Crippen LogP contribution in [0.25, 0.3) is 0 Å². The second kappa shape index (κ2) is 20.2. The van der Waals surface area contributed by atoms with E-state index in [1.54, 1.807) is 0 Å². The van der Waals surface area contributed by atoms with E-state index in [-0.39, 0.29) is 50.6 Å². The third-order valence-electron chi connectivity index (χ3n) is 13.6. The highest BCUT2D eigenvalue weighted by Gasteiger charge is 2.51. The van der Waals surface area contributed by atoms with Crippen LogP contribution in [0.3, 0.4) is 0 Å². The summed E-state index contributed by atoms with van der Waals surface area (Å²) < 4.78 is 0. The van der Waals surface area contributed by atoms with Crippen LogP contribution in [0.2, 0.25) is 0 Å². The summed E-state index contributed by atoms with van der Waals surface area (Å²) in [5, 5.41) is 152. The van der Waals surface area contributed by atoms with Crippen LogP contribution in [0, 0.1) is 0 Å². The molecule has 8 saturated heterocycles. The number of hydrogen-bond acceptors (Lipinski definition) is 20. The minimum Gasteiger partial charge on any atom is -0.395 e. The van der Waals surface area contributed by atoms with E-state index in [0.29, 0.717) is 77.5 Å². The number of rotatable bonds is 4. The monoisotopic (exact) mass is 812 g/mol. The van der Waals surface area contributed by atoms with Crippen molar-refractivity contribution >= 4 is 0 Å². The van der Waals surface area contributed by atoms with Gasteiger partial charge < -0.3 is 81.7 Å². The predicted octanol–water partition coefficient (Wildman–Crippen LogP) is -8.37. The topological polar surface area (TPSA) is 337 Å². The molecule has 0 bridgehead atoms. The van der Waals surface area contributed by atoms with Gasteiger partial charge in [-0.2, -0.15) is 0 Å². The Hall–Kier alpha value is -0.800. The molecule has 20 atom stereocenters. The zero-order chi connectivity index (χ0) is 41.2. The Kier molecular flexibility index (Phi) is 16.7. The number of fused-ring (bicyclic) bond motifs is 4. The molecule has 0 radical (unpaired) electrons. The fourth-order valence-corrected chi connectivity index (χ4v) is 10.4. The summed E-state index contributed by atoms with van der Waals surface area (Å²) in [6.07, 6.45) is -3.96. The van der Waals surface area contributed by atoms with E-state index in [1.165, 1.54) is 0 Å². The molecule has 328 valence electrons. The van der Waals surface area contributed by atoms with Gasteiger partial charge in [0.2, 0.25) is 0 Å². The highest BCUT2D eigenvalue weighted by atomic mass is 16.4. The van der Waals surface area contributed by atoms with E-state index in [0.717, 1.165) is 0 Å². The number of nitrogens with zero attached hydrogens (tertiary/aromatic N) is 4. The minimum absolute atomic E-state index is 0.0165. The molecule has 0 spiro atoms. The van der Waals surface area contributed by atoms with Crippen molar-refractivity contribution in [3.63, 3.8) is 0 Å². The van der Waals surface area contributed by atoms with Crippen molar-refractivity contribution in [1.29, 1.82) is 0 Å². The van der Waals surface area contributed by atoms with E-state index in [9.17, 15) is 61.3 Å². The molecule has 0 saturated carbocycles. The van der Waals surface area contributed by atoms with Crippen LogP contribution in [-0.2, 0) is 0 Å². The maximum absolute atomic E-state index is 9.69. The van der Waals surface area contributed by atoms with Gasteiger partial charge in [0.1, 0.15) is 0 Å². The highest BCUT2D eigenvalue weighted by Crippen LogP contribution is 2.35. The van der Waals surface area contributed by atoms with Crippen LogP contribution >= 0.6 is 0 Å². The molecule has 20 heteroatoms. The molecular weight excluding hydrogens is 744 g/mol. The Morgan fingerprint density at radius 3 is 0.607 bits per heavy atom. The first-order valence-corrected chi connectivity index (χ1v) is 20.2. The molecule has 0 aromatic carbocycles. The van der Waals surface area contributed by atoms with Crippen molar-refractivity contribution < 1.29 is 81.7 Å². The number of hydrogen-bond donors (Lipinski definition) is 16. The SMILES string of the molecule is OCC1CCC(O)[C@@H]2C(O)[C@@H](O)CN12.OCC1CCC(O)[C@@H]2C(O)[C@@H](O)CN12.OC[C@@H]1CC[C@@H](O)[C@@H]2[C@H](O)[C@H](O)CN12.OC[C@H]1CC[C@@H](O)[C@@H]2[C@H](O)[C@H](O)CN12. The number of aliphatic hydroxyl groups is 16. The Morgan fingerprint density at radius 1 is 0.268 bits per heavy atom. The second-order valence-corrected chi connectivity index (χ2v) is 16.9. The molecule has 8 aliphatic heterocycles. The van der Waals surface area contributed by atoms with Crippen molar-refractivity contribution in [1.82, 2.24) is 19.6 Å². The lowest BCUT2D eigenvalue weighted by Crippen LogP contribution is -2.54. The zero-order valence-electron chi connectivity index (χ0n) is 31.8. The molecule has 0 amide bonds. The summed E-state index contributed by atoms with van der Waals surface area (Å²) in [5.74, 6) is 0. The summed E-state index contributed by atoms with van der Waals surface area (Å²) in [6.45, 7) is 1.43. The molecule has 8 aliphatic rings. The van der Waals surface area contributed by atoms with Gasteiger partial charge >= 0.3 is 0 Å². The summed E-state index contributed by atoms with van der Waals surface area (Å²) in [6, 6.07) is -1.76. The van der Waals surface area contributed by atoms with Crippen molar-refractivity contribution in [2.75, 3.05) is 52.6 Å². The summed E-state index contributed by atoms with van der Waals surface area (Å²) in [7, 11) is 0. The molecule has 56 heavy (non-hydrogen) atoms. The first-order chi connectivity index (χ1) is 26.6. The van der Waals surface area contributed by atoms with Gasteiger partial charge in [-0.15, -0.1) is 0 Å². The van der Waals surface area contributed by atoms with Crippen molar-refractivity contribution in [2.24, 2.45) is 0 Å². The summed E-state index contributed by atoms with van der Waals surface area (Å²) >= 11 is 0. The van der Waals surface area contributed by atoms with E-state index >= 15 is 0 Å². The van der Waals surface area contributed by atoms with Gasteiger partial charge in [0.25, 0.3) is 0 Å². The van der Waals surface area contributed by atoms with Crippen LogP contribution in [0.5, 0.6) is 0 Å². The van der Waals surface area contributed by atoms with Crippen LogP contribution in [-0.4, -0.2) is 275 Å². The van der Waals surface area contributed by atoms with Gasteiger partial charge in [-0.25, -0.2) is 0 Å². The number of piperidine rings is 4. The van der Waals surface area contributed by atoms with Gasteiger partial charge in [-0.05, 0) is 51.4 Å². The maximum atomic E-state index is 9.69. The van der Waals surface area contributed by atoms with Gasteiger partial charge in [-0.3, -0.25) is 19.6 Å². The average Bonchev–Trinajstić information content (AvgIpc) is 3.87. The smallest absolute Gasteiger partial charge is 0.0991 e. The lowest BCUT2D eigenvalue weighted by molar-refractivity contribution is -0.0538. The molecule has 8 rings (SSSR count). The van der Waals surface area contributed by atoms with Crippen LogP contribution < -0.4 is 0 Å². The summed E-state index contributed by atoms with van der Waals surface area (Å²) in [5.41, 5.74) is 0. The first-order valence-electron chi connectivity index (χ1n) is 20.2. The van der Waals surface area contributed by atoms with Crippen molar-refractivity contribution in [3.05, 3.63) is 0 Å². The Bertz CT molecular complexity index is 1030. The molecule has 0 aromatic rings. The Balaban J connectivity index is 0.000000143. The molecular formula is C36H68N4O16. The molecule has 0 aromatic heterocycles. The first kappa shape index (κ1) is 46.3. The lowest BCUT2D eigenvalue weighted by Gasteiger charge is -2.40. The fraction of sp³-hybridized carbons (Fsp3) is 1.00. The standard InChI is InChI=1S/4C9H17NO4/c4*11-4-5-1-2-6(12)8-9(14)7(13)3-10(5)8/h4*5-9,11-14H,1-4H2/t2*5?,6?,7-,8+,9?;5-,6+,7+,8+,9+;5-,6-,7-,8-,9-/m0001/s1. The van der Waals surface area contributed by atoms with Crippen molar-refractivity contribution in [2.45, 2.75) is 173 Å². The summed E-state index contributed by atoms with van der Waals surface area (Å²) in [4.78, 5) is 7.29. The molecule has 8 heterocycles. The second-order valence-electron chi connectivity index (χ2n) is 16.9. The third kappa shape index (κ3) is 9.55. The van der Waals surface area contributed by atoms with Gasteiger partial charge in [-0.1, -0.05) is 0 Å². The lowest BCUT2D eigenvalue weighted by atomic mass is 9.93. The van der Waals surface area contributed by atoms with Crippen molar-refractivity contribution in [3.8, 4) is 0 Å². The largest absolute Gasteiger partial charge is 0.395 e. The predicted molar refractivity (Wildman–Crippen MR) is 194 cm³/mol. The normalized spacial score (nSPS) is 49.3. The molecule has 6 unspecified atom stereocenters. The van der Waals surface area contributed by atoms with E-state index < -0.39 is 97.4 Å². The van der Waals surface area contributed by atoms with Crippen LogP contribution in [0.4, 0.5) is 0 Å². The van der Waals surface area contributed by atoms with Crippen LogP contribution in [0.15, 0.2) is 0 Å². The highest BCUT2D eigenvalue weighted by molar-refractivity contribution is 5.05. The minimum atomic E-state index is -0.889. The Morgan fingerprint density at radius 2 is 0.446 bits per heavy atom. The fourth-order valence-electron chi connectivity index (χ4n) is 10.4. The van der Waals surface area contributed by atoms with E-state index in [1.807, 2.05) is 19.6 Å². The molecule has 0 aliphatic carbocycles. The molecule has 8 fully saturated rings. The van der Waals surface area contributed by atoms with Gasteiger partial charge in [0.05, 0.1) is 124 Å². The van der Waals surface area contributed by atoms with Gasteiger partial charge in [0, 0.05) is 50.3 Å². The molecule has 16 N–H and O–H groups in total. The maximum Gasteiger partial charge on any atom is 0.0991 e. The third-order valence-corrected chi connectivity index (χ3v) is 13.6. The van der Waals surface area contributed by atoms with E-state index in [4.69, 9.17) is 20.4 Å². The zero-order valence-corrected chi connectivity index (χ0v) is 31.8. The quantitative estimate of drug-likeness (QED) is 0.125. The Labute approximate surface area is 326 Å². The van der Waals surface area contributed by atoms with Gasteiger partial charge in [0.15, 0.2) is 0 Å². The molecule has 20 nitrogen and oxygen atoms in total. The average molecular weight is 813 g/mol. The van der Waals surface area contributed by atoms with E-state index in [2.05, 4.69) is 0 Å². The number of aliphatic hydroxyl groups excluding tert-OH is 16.